The van der Waals surface area contributed by atoms with E-state index in [-0.39, 0.29) is 30.4 Å². The van der Waals surface area contributed by atoms with Crippen molar-refractivity contribution in [2.24, 2.45) is 5.92 Å². The largest absolute Gasteiger partial charge is 0.330 e. The number of hydrogen-bond donors (Lipinski definition) is 2. The van der Waals surface area contributed by atoms with Gasteiger partial charge in [-0.2, -0.15) is 0 Å². The first-order valence-electron chi connectivity index (χ1n) is 10.4. The zero-order chi connectivity index (χ0) is 21.1. The predicted molar refractivity (Wildman–Crippen MR) is 117 cm³/mol. The number of quaternary nitrogens is 1. The molecule has 2 aromatic carbocycles. The number of carbonyl (C=O) groups excluding carboxylic acids is 2. The Morgan fingerprint density at radius 1 is 0.966 bits per heavy atom. The van der Waals surface area contributed by atoms with Crippen molar-refractivity contribution in [3.8, 4) is 0 Å². The van der Waals surface area contributed by atoms with E-state index in [1.165, 1.54) is 11.1 Å². The molecule has 0 unspecified atom stereocenters. The molecule has 5 nitrogen and oxygen atoms in total. The molecule has 0 fully saturated rings. The topological polar surface area (TPSA) is 66.0 Å². The summed E-state index contributed by atoms with van der Waals surface area (Å²) < 4.78 is 0. The van der Waals surface area contributed by atoms with Crippen molar-refractivity contribution >= 4 is 23.2 Å². The zero-order valence-electron chi connectivity index (χ0n) is 18.0. The molecule has 1 aliphatic rings. The fourth-order valence-corrected chi connectivity index (χ4v) is 3.89. The Bertz CT molecular complexity index is 874. The second kappa shape index (κ2) is 8.78. The Kier molecular flexibility index (Phi) is 6.38. The fraction of sp³-hybridized carbons (Fsp3) is 0.417. The Morgan fingerprint density at radius 2 is 1.59 bits per heavy atom. The van der Waals surface area contributed by atoms with E-state index in [4.69, 9.17) is 0 Å². The van der Waals surface area contributed by atoms with E-state index in [9.17, 15) is 9.59 Å². The van der Waals surface area contributed by atoms with Gasteiger partial charge >= 0.3 is 0 Å². The highest BCUT2D eigenvalue weighted by Crippen LogP contribution is 2.29. The SMILES string of the molecule is CC(C)c1ccc([C@H]([NH2+][C@H](C)C(=O)N2CC(=O)Nc3ccccc32)C(C)C)cc1. The first-order valence-corrected chi connectivity index (χ1v) is 10.4. The third-order valence-corrected chi connectivity index (χ3v) is 5.63. The molecule has 0 bridgehead atoms. The fourth-order valence-electron chi connectivity index (χ4n) is 3.89. The summed E-state index contributed by atoms with van der Waals surface area (Å²) in [7, 11) is 0. The lowest BCUT2D eigenvalue weighted by Gasteiger charge is -2.31. The zero-order valence-corrected chi connectivity index (χ0v) is 18.0. The van der Waals surface area contributed by atoms with E-state index in [0.717, 1.165) is 5.69 Å². The molecule has 1 aliphatic heterocycles. The molecule has 3 rings (SSSR count). The van der Waals surface area contributed by atoms with Crippen LogP contribution in [0.25, 0.3) is 0 Å². The monoisotopic (exact) mass is 394 g/mol. The number of rotatable bonds is 6. The van der Waals surface area contributed by atoms with Crippen LogP contribution >= 0.6 is 0 Å². The van der Waals surface area contributed by atoms with Crippen LogP contribution in [0.5, 0.6) is 0 Å². The van der Waals surface area contributed by atoms with Crippen LogP contribution in [-0.4, -0.2) is 24.4 Å². The average Bonchev–Trinajstić information content (AvgIpc) is 2.70. The van der Waals surface area contributed by atoms with Crippen LogP contribution in [0.2, 0.25) is 0 Å². The van der Waals surface area contributed by atoms with E-state index >= 15 is 0 Å². The number of carbonyl (C=O) groups is 2. The maximum absolute atomic E-state index is 13.3. The number of benzene rings is 2. The third-order valence-electron chi connectivity index (χ3n) is 5.63. The maximum atomic E-state index is 13.3. The summed E-state index contributed by atoms with van der Waals surface area (Å²) in [6.45, 7) is 10.7. The molecule has 154 valence electrons. The highest BCUT2D eigenvalue weighted by molar-refractivity contribution is 6.10. The van der Waals surface area contributed by atoms with Gasteiger partial charge < -0.3 is 10.6 Å². The lowest BCUT2D eigenvalue weighted by Crippen LogP contribution is -2.93. The standard InChI is InChI=1S/C24H31N3O2/c1-15(2)18-10-12-19(13-11-18)23(16(3)4)25-17(5)24(29)27-14-22(28)26-20-8-6-7-9-21(20)27/h6-13,15-17,23,25H,14H2,1-5H3,(H,26,28)/p+1/t17-,23-/m1/s1. The summed E-state index contributed by atoms with van der Waals surface area (Å²) in [5, 5.41) is 4.97. The third kappa shape index (κ3) is 4.67. The molecule has 0 aliphatic carbocycles. The molecule has 0 saturated heterocycles. The van der Waals surface area contributed by atoms with Crippen molar-refractivity contribution in [1.29, 1.82) is 0 Å². The average molecular weight is 395 g/mol. The maximum Gasteiger partial charge on any atom is 0.285 e. The summed E-state index contributed by atoms with van der Waals surface area (Å²) in [6.07, 6.45) is 0. The molecule has 29 heavy (non-hydrogen) atoms. The van der Waals surface area contributed by atoms with Crippen LogP contribution in [0.15, 0.2) is 48.5 Å². The molecule has 0 aromatic heterocycles. The summed E-state index contributed by atoms with van der Waals surface area (Å²) in [4.78, 5) is 26.9. The van der Waals surface area contributed by atoms with E-state index in [1.54, 1.807) is 4.90 Å². The van der Waals surface area contributed by atoms with Gasteiger partial charge in [0, 0.05) is 11.5 Å². The highest BCUT2D eigenvalue weighted by atomic mass is 16.2. The first kappa shape index (κ1) is 21.1. The molecule has 0 radical (unpaired) electrons. The quantitative estimate of drug-likeness (QED) is 0.788. The second-order valence-electron chi connectivity index (χ2n) is 8.56. The van der Waals surface area contributed by atoms with E-state index < -0.39 is 0 Å². The molecule has 2 atom stereocenters. The Hall–Kier alpha value is -2.66. The van der Waals surface area contributed by atoms with Crippen molar-refractivity contribution in [1.82, 2.24) is 0 Å². The molecule has 2 amide bonds. The van der Waals surface area contributed by atoms with Gasteiger partial charge in [0.2, 0.25) is 5.91 Å². The number of nitrogens with one attached hydrogen (secondary N) is 1. The van der Waals surface area contributed by atoms with Gasteiger partial charge in [-0.3, -0.25) is 14.5 Å². The number of hydrogen-bond acceptors (Lipinski definition) is 2. The minimum Gasteiger partial charge on any atom is -0.330 e. The van der Waals surface area contributed by atoms with Gasteiger partial charge in [0.25, 0.3) is 5.91 Å². The molecule has 0 saturated carbocycles. The van der Waals surface area contributed by atoms with Crippen LogP contribution in [0, 0.1) is 5.92 Å². The van der Waals surface area contributed by atoms with Crippen LogP contribution < -0.4 is 15.5 Å². The van der Waals surface area contributed by atoms with Crippen molar-refractivity contribution in [3.63, 3.8) is 0 Å². The van der Waals surface area contributed by atoms with Crippen LogP contribution in [0.4, 0.5) is 11.4 Å². The van der Waals surface area contributed by atoms with E-state index in [0.29, 0.717) is 17.5 Å². The number of fused-ring (bicyclic) bond motifs is 1. The van der Waals surface area contributed by atoms with Crippen molar-refractivity contribution in [2.45, 2.75) is 52.6 Å². The minimum atomic E-state index is -0.300. The van der Waals surface area contributed by atoms with Crippen LogP contribution in [0.1, 0.15) is 57.7 Å². The first-order chi connectivity index (χ1) is 13.8. The van der Waals surface area contributed by atoms with Gasteiger partial charge in [-0.15, -0.1) is 0 Å². The molecule has 1 heterocycles. The summed E-state index contributed by atoms with van der Waals surface area (Å²) in [6, 6.07) is 16.0. The van der Waals surface area contributed by atoms with Gasteiger partial charge in [-0.1, -0.05) is 64.1 Å². The summed E-state index contributed by atoms with van der Waals surface area (Å²) in [5.74, 6) is 0.661. The van der Waals surface area contributed by atoms with Crippen LogP contribution in [0.3, 0.4) is 0 Å². The lowest BCUT2D eigenvalue weighted by atomic mass is 9.92. The lowest BCUT2D eigenvalue weighted by molar-refractivity contribution is -0.719. The summed E-state index contributed by atoms with van der Waals surface area (Å²) >= 11 is 0. The Balaban J connectivity index is 1.79. The van der Waals surface area contributed by atoms with Gasteiger partial charge in [0.15, 0.2) is 6.04 Å². The molecular formula is C24H32N3O2+. The van der Waals surface area contributed by atoms with Crippen molar-refractivity contribution in [3.05, 3.63) is 59.7 Å². The molecular weight excluding hydrogens is 362 g/mol. The van der Waals surface area contributed by atoms with E-state index in [1.807, 2.05) is 31.2 Å². The summed E-state index contributed by atoms with van der Waals surface area (Å²) in [5.41, 5.74) is 3.99. The smallest absolute Gasteiger partial charge is 0.285 e. The van der Waals surface area contributed by atoms with Gasteiger partial charge in [-0.05, 0) is 30.5 Å². The van der Waals surface area contributed by atoms with Gasteiger partial charge in [0.05, 0.1) is 11.4 Å². The van der Waals surface area contributed by atoms with Crippen molar-refractivity contribution < 1.29 is 14.9 Å². The van der Waals surface area contributed by atoms with E-state index in [2.05, 4.69) is 62.6 Å². The molecule has 5 heteroatoms. The van der Waals surface area contributed by atoms with Gasteiger partial charge in [-0.25, -0.2) is 0 Å². The number of nitrogens with two attached hydrogens (primary N) is 1. The normalized spacial score (nSPS) is 15.8. The predicted octanol–water partition coefficient (Wildman–Crippen LogP) is 3.44. The number of anilines is 2. The Morgan fingerprint density at radius 3 is 2.21 bits per heavy atom. The highest BCUT2D eigenvalue weighted by Gasteiger charge is 2.33. The number of para-hydroxylation sites is 2. The van der Waals surface area contributed by atoms with Crippen molar-refractivity contribution in [2.75, 3.05) is 16.8 Å². The number of nitrogens with zero attached hydrogens (tertiary/aromatic N) is 1. The minimum absolute atomic E-state index is 0.0447. The number of amides is 2. The molecule has 2 aromatic rings. The molecule has 3 N–H and O–H groups in total. The van der Waals surface area contributed by atoms with Gasteiger partial charge in [0.1, 0.15) is 12.6 Å². The van der Waals surface area contributed by atoms with Crippen LogP contribution in [-0.2, 0) is 9.59 Å². The second-order valence-corrected chi connectivity index (χ2v) is 8.56. The Labute approximate surface area is 173 Å². The molecule has 0 spiro atoms.